The Balaban J connectivity index is 1.54. The number of nitrogens with zero attached hydrogens (tertiary/aromatic N) is 3. The van der Waals surface area contributed by atoms with Crippen LogP contribution < -0.4 is 10.2 Å². The number of nitrogens with one attached hydrogen (secondary N) is 1. The molecule has 0 bridgehead atoms. The molecule has 0 aliphatic carbocycles. The van der Waals surface area contributed by atoms with Crippen molar-refractivity contribution in [3.05, 3.63) is 59.3 Å². The molecule has 0 spiro atoms. The Hall–Kier alpha value is -2.38. The van der Waals surface area contributed by atoms with E-state index in [-0.39, 0.29) is 0 Å². The van der Waals surface area contributed by atoms with Gasteiger partial charge < -0.3 is 10.2 Å². The summed E-state index contributed by atoms with van der Waals surface area (Å²) in [7, 11) is 0. The third-order valence-electron chi connectivity index (χ3n) is 3.98. The van der Waals surface area contributed by atoms with Gasteiger partial charge in [-0.05, 0) is 48.2 Å². The Bertz CT molecular complexity index is 652. The molecular weight excluding hydrogens is 272 g/mol. The summed E-state index contributed by atoms with van der Waals surface area (Å²) in [5.74, 6) is 1.09. The third kappa shape index (κ3) is 3.63. The number of nitriles is 1. The summed E-state index contributed by atoms with van der Waals surface area (Å²) in [4.78, 5) is 6.83. The summed E-state index contributed by atoms with van der Waals surface area (Å²) < 4.78 is 0. The van der Waals surface area contributed by atoms with Gasteiger partial charge in [0.2, 0.25) is 0 Å². The first-order valence-electron chi connectivity index (χ1n) is 7.75. The van der Waals surface area contributed by atoms with Crippen molar-refractivity contribution in [2.75, 3.05) is 18.0 Å². The minimum Gasteiger partial charge on any atom is -0.357 e. The maximum atomic E-state index is 8.79. The highest BCUT2D eigenvalue weighted by Gasteiger charge is 2.13. The molecule has 0 saturated carbocycles. The van der Waals surface area contributed by atoms with Crippen molar-refractivity contribution in [2.24, 2.45) is 0 Å². The average Bonchev–Trinajstić information content (AvgIpc) is 3.10. The van der Waals surface area contributed by atoms with Gasteiger partial charge in [-0.15, -0.1) is 0 Å². The minimum atomic E-state index is 0.702. The van der Waals surface area contributed by atoms with E-state index in [1.807, 2.05) is 30.5 Å². The quantitative estimate of drug-likeness (QED) is 0.920. The maximum Gasteiger partial charge on any atom is 0.128 e. The molecule has 1 aliphatic rings. The van der Waals surface area contributed by atoms with Gasteiger partial charge in [-0.3, -0.25) is 0 Å². The molecule has 2 heterocycles. The highest BCUT2D eigenvalue weighted by atomic mass is 15.2. The Morgan fingerprint density at radius 3 is 2.50 bits per heavy atom. The molecule has 1 aliphatic heterocycles. The second-order valence-corrected chi connectivity index (χ2v) is 5.63. The number of aromatic nitrogens is 1. The van der Waals surface area contributed by atoms with Crippen LogP contribution in [0.2, 0.25) is 0 Å². The lowest BCUT2D eigenvalue weighted by molar-refractivity contribution is 0.692. The smallest absolute Gasteiger partial charge is 0.128 e. The van der Waals surface area contributed by atoms with Gasteiger partial charge in [0.15, 0.2) is 0 Å². The van der Waals surface area contributed by atoms with E-state index in [4.69, 9.17) is 5.26 Å². The standard InChI is InChI=1S/C18H20N4/c19-12-15-3-5-16(6-4-15)13-20-14-17-7-8-21-18(11-17)22-9-1-2-10-22/h3-8,11,20H,1-2,9-10,13-14H2. The number of rotatable bonds is 5. The Labute approximate surface area is 131 Å². The lowest BCUT2D eigenvalue weighted by Gasteiger charge is -2.17. The molecule has 1 aromatic carbocycles. The van der Waals surface area contributed by atoms with Gasteiger partial charge in [0.25, 0.3) is 0 Å². The fourth-order valence-corrected chi connectivity index (χ4v) is 2.74. The molecule has 0 atom stereocenters. The predicted molar refractivity (Wildman–Crippen MR) is 87.4 cm³/mol. The van der Waals surface area contributed by atoms with Gasteiger partial charge in [0, 0.05) is 32.4 Å². The fourth-order valence-electron chi connectivity index (χ4n) is 2.74. The van der Waals surface area contributed by atoms with E-state index in [2.05, 4.69) is 33.4 Å². The number of hydrogen-bond acceptors (Lipinski definition) is 4. The largest absolute Gasteiger partial charge is 0.357 e. The van der Waals surface area contributed by atoms with Crippen LogP contribution in [-0.4, -0.2) is 18.1 Å². The van der Waals surface area contributed by atoms with E-state index in [9.17, 15) is 0 Å². The Kier molecular flexibility index (Phi) is 4.67. The summed E-state index contributed by atoms with van der Waals surface area (Å²) in [6.07, 6.45) is 4.43. The van der Waals surface area contributed by atoms with Crippen LogP contribution >= 0.6 is 0 Å². The van der Waals surface area contributed by atoms with Crippen molar-refractivity contribution >= 4 is 5.82 Å². The zero-order valence-corrected chi connectivity index (χ0v) is 12.6. The fraction of sp³-hybridized carbons (Fsp3) is 0.333. The van der Waals surface area contributed by atoms with Crippen molar-refractivity contribution in [3.8, 4) is 6.07 Å². The van der Waals surface area contributed by atoms with E-state index in [1.165, 1.54) is 24.0 Å². The first-order chi connectivity index (χ1) is 10.8. The second kappa shape index (κ2) is 7.06. The molecule has 1 saturated heterocycles. The van der Waals surface area contributed by atoms with Gasteiger partial charge >= 0.3 is 0 Å². The molecule has 0 unspecified atom stereocenters. The SMILES string of the molecule is N#Cc1ccc(CNCc2ccnc(N3CCCC3)c2)cc1. The van der Waals surface area contributed by atoms with E-state index in [0.29, 0.717) is 5.56 Å². The van der Waals surface area contributed by atoms with Gasteiger partial charge in [-0.25, -0.2) is 4.98 Å². The topological polar surface area (TPSA) is 52.0 Å². The summed E-state index contributed by atoms with van der Waals surface area (Å²) in [6.45, 7) is 3.86. The van der Waals surface area contributed by atoms with E-state index in [1.54, 1.807) is 0 Å². The number of anilines is 1. The van der Waals surface area contributed by atoms with E-state index < -0.39 is 0 Å². The molecule has 0 radical (unpaired) electrons. The summed E-state index contributed by atoms with van der Waals surface area (Å²) >= 11 is 0. The molecular formula is C18H20N4. The predicted octanol–water partition coefficient (Wildman–Crippen LogP) is 2.84. The molecule has 1 N–H and O–H groups in total. The maximum absolute atomic E-state index is 8.79. The second-order valence-electron chi connectivity index (χ2n) is 5.63. The Morgan fingerprint density at radius 2 is 1.77 bits per heavy atom. The van der Waals surface area contributed by atoms with Gasteiger partial charge in [-0.1, -0.05) is 12.1 Å². The highest BCUT2D eigenvalue weighted by Crippen LogP contribution is 2.18. The lowest BCUT2D eigenvalue weighted by Crippen LogP contribution is -2.19. The van der Waals surface area contributed by atoms with E-state index in [0.717, 1.165) is 32.0 Å². The van der Waals surface area contributed by atoms with Gasteiger partial charge in [0.05, 0.1) is 11.6 Å². The zero-order chi connectivity index (χ0) is 15.2. The van der Waals surface area contributed by atoms with Crippen molar-refractivity contribution in [3.63, 3.8) is 0 Å². The number of pyridine rings is 1. The van der Waals surface area contributed by atoms with Crippen molar-refractivity contribution in [1.29, 1.82) is 5.26 Å². The third-order valence-corrected chi connectivity index (χ3v) is 3.98. The molecule has 3 rings (SSSR count). The first kappa shape index (κ1) is 14.6. The molecule has 4 nitrogen and oxygen atoms in total. The number of hydrogen-bond donors (Lipinski definition) is 1. The van der Waals surface area contributed by atoms with Crippen LogP contribution in [0, 0.1) is 11.3 Å². The van der Waals surface area contributed by atoms with Crippen LogP contribution in [0.3, 0.4) is 0 Å². The average molecular weight is 292 g/mol. The highest BCUT2D eigenvalue weighted by molar-refractivity contribution is 5.41. The molecule has 22 heavy (non-hydrogen) atoms. The van der Waals surface area contributed by atoms with Crippen LogP contribution in [-0.2, 0) is 13.1 Å². The van der Waals surface area contributed by atoms with Gasteiger partial charge in [0.1, 0.15) is 5.82 Å². The first-order valence-corrected chi connectivity index (χ1v) is 7.75. The molecule has 0 amide bonds. The zero-order valence-electron chi connectivity index (χ0n) is 12.6. The monoisotopic (exact) mass is 292 g/mol. The lowest BCUT2D eigenvalue weighted by atomic mass is 10.1. The number of benzene rings is 1. The van der Waals surface area contributed by atoms with Crippen LogP contribution in [0.25, 0.3) is 0 Å². The molecule has 112 valence electrons. The minimum absolute atomic E-state index is 0.702. The van der Waals surface area contributed by atoms with Crippen LogP contribution in [0.1, 0.15) is 29.5 Å². The molecule has 2 aromatic rings. The summed E-state index contributed by atoms with van der Waals surface area (Å²) in [5.41, 5.74) is 3.14. The summed E-state index contributed by atoms with van der Waals surface area (Å²) in [6, 6.07) is 14.1. The van der Waals surface area contributed by atoms with Crippen molar-refractivity contribution in [1.82, 2.24) is 10.3 Å². The Morgan fingerprint density at radius 1 is 1.05 bits per heavy atom. The van der Waals surface area contributed by atoms with Crippen LogP contribution in [0.5, 0.6) is 0 Å². The molecule has 4 heteroatoms. The van der Waals surface area contributed by atoms with Gasteiger partial charge in [-0.2, -0.15) is 5.26 Å². The summed E-state index contributed by atoms with van der Waals surface area (Å²) in [5, 5.41) is 12.2. The van der Waals surface area contributed by atoms with Crippen molar-refractivity contribution in [2.45, 2.75) is 25.9 Å². The van der Waals surface area contributed by atoms with Crippen molar-refractivity contribution < 1.29 is 0 Å². The normalized spacial score (nSPS) is 14.0. The molecule has 1 fully saturated rings. The molecule has 1 aromatic heterocycles. The van der Waals surface area contributed by atoms with Crippen LogP contribution in [0.4, 0.5) is 5.82 Å². The van der Waals surface area contributed by atoms with E-state index >= 15 is 0 Å². The van der Waals surface area contributed by atoms with Crippen LogP contribution in [0.15, 0.2) is 42.6 Å².